The van der Waals surface area contributed by atoms with Gasteiger partial charge in [-0.15, -0.1) is 0 Å². The van der Waals surface area contributed by atoms with Gasteiger partial charge in [-0.05, 0) is 43.7 Å². The van der Waals surface area contributed by atoms with Crippen molar-refractivity contribution in [2.24, 2.45) is 0 Å². The van der Waals surface area contributed by atoms with Crippen molar-refractivity contribution in [1.29, 1.82) is 5.26 Å². The van der Waals surface area contributed by atoms with Gasteiger partial charge in [-0.2, -0.15) is 5.26 Å². The van der Waals surface area contributed by atoms with Crippen LogP contribution >= 0.6 is 0 Å². The Morgan fingerprint density at radius 2 is 2.17 bits per heavy atom. The van der Waals surface area contributed by atoms with Gasteiger partial charge in [-0.1, -0.05) is 0 Å². The van der Waals surface area contributed by atoms with Crippen LogP contribution in [0.5, 0.6) is 5.75 Å². The topological polar surface area (TPSA) is 58.8 Å². The van der Waals surface area contributed by atoms with Crippen LogP contribution in [0, 0.1) is 18.3 Å². The average Bonchev–Trinajstić information content (AvgIpc) is 2.41. The van der Waals surface area contributed by atoms with Gasteiger partial charge in [0.15, 0.2) is 0 Å². The van der Waals surface area contributed by atoms with Crippen LogP contribution in [0.15, 0.2) is 30.5 Å². The summed E-state index contributed by atoms with van der Waals surface area (Å²) < 4.78 is 5.49. The van der Waals surface area contributed by atoms with Crippen molar-refractivity contribution in [1.82, 2.24) is 9.97 Å². The van der Waals surface area contributed by atoms with Crippen molar-refractivity contribution in [3.05, 3.63) is 41.9 Å². The third kappa shape index (κ3) is 2.46. The van der Waals surface area contributed by atoms with E-state index in [9.17, 15) is 0 Å². The molecule has 0 amide bonds. The fourth-order valence-electron chi connectivity index (χ4n) is 1.70. The number of nitrogens with zero attached hydrogens (tertiary/aromatic N) is 3. The average molecular weight is 239 g/mol. The SMILES string of the molecule is CCOc1ccc(-c2ccnc(C#N)n2)cc1C. The summed E-state index contributed by atoms with van der Waals surface area (Å²) in [6.45, 7) is 4.59. The number of nitriles is 1. The Hall–Kier alpha value is -2.41. The zero-order valence-electron chi connectivity index (χ0n) is 10.3. The van der Waals surface area contributed by atoms with Crippen LogP contribution in [0.1, 0.15) is 18.3 Å². The highest BCUT2D eigenvalue weighted by Gasteiger charge is 2.05. The first-order valence-corrected chi connectivity index (χ1v) is 5.71. The number of aromatic nitrogens is 2. The van der Waals surface area contributed by atoms with Crippen molar-refractivity contribution in [3.8, 4) is 23.1 Å². The van der Waals surface area contributed by atoms with Crippen LogP contribution in [-0.4, -0.2) is 16.6 Å². The Kier molecular flexibility index (Phi) is 3.54. The summed E-state index contributed by atoms with van der Waals surface area (Å²) in [5, 5.41) is 8.78. The van der Waals surface area contributed by atoms with Gasteiger partial charge in [0, 0.05) is 11.8 Å². The smallest absolute Gasteiger partial charge is 0.232 e. The lowest BCUT2D eigenvalue weighted by atomic mass is 10.1. The second kappa shape index (κ2) is 5.28. The molecule has 0 unspecified atom stereocenters. The van der Waals surface area contributed by atoms with Gasteiger partial charge in [0.2, 0.25) is 5.82 Å². The summed E-state index contributed by atoms with van der Waals surface area (Å²) in [6, 6.07) is 9.57. The van der Waals surface area contributed by atoms with E-state index in [1.54, 1.807) is 12.3 Å². The van der Waals surface area contributed by atoms with E-state index in [1.807, 2.05) is 38.1 Å². The molecule has 0 bridgehead atoms. The van der Waals surface area contributed by atoms with Crippen molar-refractivity contribution >= 4 is 0 Å². The summed E-state index contributed by atoms with van der Waals surface area (Å²) in [7, 11) is 0. The van der Waals surface area contributed by atoms with E-state index >= 15 is 0 Å². The zero-order valence-corrected chi connectivity index (χ0v) is 10.3. The third-order valence-corrected chi connectivity index (χ3v) is 2.53. The fourth-order valence-corrected chi connectivity index (χ4v) is 1.70. The fraction of sp³-hybridized carbons (Fsp3) is 0.214. The van der Waals surface area contributed by atoms with Crippen LogP contribution in [0.4, 0.5) is 0 Å². The van der Waals surface area contributed by atoms with Crippen molar-refractivity contribution < 1.29 is 4.74 Å². The quantitative estimate of drug-likeness (QED) is 0.826. The Bertz CT molecular complexity index is 602. The van der Waals surface area contributed by atoms with Gasteiger partial charge in [-0.3, -0.25) is 0 Å². The van der Waals surface area contributed by atoms with E-state index in [-0.39, 0.29) is 5.82 Å². The molecule has 1 aromatic carbocycles. The molecule has 0 aliphatic heterocycles. The molecular formula is C14H13N3O. The van der Waals surface area contributed by atoms with Crippen LogP contribution in [0.2, 0.25) is 0 Å². The molecule has 0 spiro atoms. The van der Waals surface area contributed by atoms with E-state index in [4.69, 9.17) is 10.00 Å². The minimum absolute atomic E-state index is 0.180. The molecule has 1 heterocycles. The van der Waals surface area contributed by atoms with Gasteiger partial charge in [-0.25, -0.2) is 9.97 Å². The molecule has 2 rings (SSSR count). The minimum Gasteiger partial charge on any atom is -0.494 e. The predicted molar refractivity (Wildman–Crippen MR) is 68.1 cm³/mol. The van der Waals surface area contributed by atoms with Crippen LogP contribution in [0.3, 0.4) is 0 Å². The van der Waals surface area contributed by atoms with Gasteiger partial charge >= 0.3 is 0 Å². The highest BCUT2D eigenvalue weighted by Crippen LogP contribution is 2.24. The first kappa shape index (κ1) is 12.1. The Morgan fingerprint density at radius 3 is 2.83 bits per heavy atom. The molecular weight excluding hydrogens is 226 g/mol. The van der Waals surface area contributed by atoms with Crippen molar-refractivity contribution in [3.63, 3.8) is 0 Å². The number of rotatable bonds is 3. The predicted octanol–water partition coefficient (Wildman–Crippen LogP) is 2.72. The van der Waals surface area contributed by atoms with Crippen LogP contribution in [0.25, 0.3) is 11.3 Å². The second-order valence-electron chi connectivity index (χ2n) is 3.79. The molecule has 0 atom stereocenters. The van der Waals surface area contributed by atoms with Crippen LogP contribution in [-0.2, 0) is 0 Å². The second-order valence-corrected chi connectivity index (χ2v) is 3.79. The summed E-state index contributed by atoms with van der Waals surface area (Å²) in [5.41, 5.74) is 2.74. The third-order valence-electron chi connectivity index (χ3n) is 2.53. The van der Waals surface area contributed by atoms with Crippen LogP contribution < -0.4 is 4.74 Å². The molecule has 4 nitrogen and oxygen atoms in total. The maximum atomic E-state index is 8.78. The maximum absolute atomic E-state index is 8.78. The van der Waals surface area contributed by atoms with E-state index in [0.717, 1.165) is 22.6 Å². The van der Waals surface area contributed by atoms with Crippen molar-refractivity contribution in [2.45, 2.75) is 13.8 Å². The Balaban J connectivity index is 2.39. The number of benzene rings is 1. The lowest BCUT2D eigenvalue weighted by molar-refractivity contribution is 0.338. The normalized spacial score (nSPS) is 9.83. The number of hydrogen-bond donors (Lipinski definition) is 0. The maximum Gasteiger partial charge on any atom is 0.232 e. The summed E-state index contributed by atoms with van der Waals surface area (Å²) in [5.74, 6) is 1.05. The number of aryl methyl sites for hydroxylation is 1. The minimum atomic E-state index is 0.180. The molecule has 0 saturated heterocycles. The number of ether oxygens (including phenoxy) is 1. The molecule has 90 valence electrons. The Morgan fingerprint density at radius 1 is 1.33 bits per heavy atom. The standard InChI is InChI=1S/C14H13N3O/c1-3-18-13-5-4-11(8-10(13)2)12-6-7-16-14(9-15)17-12/h4-8H,3H2,1-2H3. The summed E-state index contributed by atoms with van der Waals surface area (Å²) >= 11 is 0. The highest BCUT2D eigenvalue weighted by molar-refractivity contribution is 5.61. The molecule has 18 heavy (non-hydrogen) atoms. The highest BCUT2D eigenvalue weighted by atomic mass is 16.5. The van der Waals surface area contributed by atoms with Gasteiger partial charge in [0.1, 0.15) is 11.8 Å². The molecule has 4 heteroatoms. The lowest BCUT2D eigenvalue weighted by Crippen LogP contribution is -1.95. The van der Waals surface area contributed by atoms with E-state index in [1.165, 1.54) is 0 Å². The van der Waals surface area contributed by atoms with Gasteiger partial charge in [0.25, 0.3) is 0 Å². The van der Waals surface area contributed by atoms with Crippen molar-refractivity contribution in [2.75, 3.05) is 6.61 Å². The van der Waals surface area contributed by atoms with E-state index < -0.39 is 0 Å². The molecule has 2 aromatic rings. The Labute approximate surface area is 106 Å². The molecule has 1 aromatic heterocycles. The largest absolute Gasteiger partial charge is 0.494 e. The molecule has 0 aliphatic carbocycles. The molecule has 0 radical (unpaired) electrons. The van der Waals surface area contributed by atoms with E-state index in [0.29, 0.717) is 6.61 Å². The molecule has 0 aliphatic rings. The monoisotopic (exact) mass is 239 g/mol. The first-order valence-electron chi connectivity index (χ1n) is 5.71. The zero-order chi connectivity index (χ0) is 13.0. The lowest BCUT2D eigenvalue weighted by Gasteiger charge is -2.08. The van der Waals surface area contributed by atoms with E-state index in [2.05, 4.69) is 9.97 Å². The van der Waals surface area contributed by atoms with Gasteiger partial charge < -0.3 is 4.74 Å². The number of hydrogen-bond acceptors (Lipinski definition) is 4. The summed E-state index contributed by atoms with van der Waals surface area (Å²) in [4.78, 5) is 8.02. The first-order chi connectivity index (χ1) is 8.74. The molecule has 0 saturated carbocycles. The molecule has 0 fully saturated rings. The van der Waals surface area contributed by atoms with Gasteiger partial charge in [0.05, 0.1) is 12.3 Å². The summed E-state index contributed by atoms with van der Waals surface area (Å²) in [6.07, 6.45) is 1.59. The molecule has 0 N–H and O–H groups in total.